The van der Waals surface area contributed by atoms with E-state index in [1.165, 1.54) is 12.8 Å². The number of esters is 1. The van der Waals surface area contributed by atoms with Crippen molar-refractivity contribution >= 4 is 5.97 Å². The summed E-state index contributed by atoms with van der Waals surface area (Å²) in [6.07, 6.45) is 2.66. The van der Waals surface area contributed by atoms with E-state index in [2.05, 4.69) is 4.90 Å². The molecule has 0 aliphatic heterocycles. The van der Waals surface area contributed by atoms with Crippen molar-refractivity contribution in [1.29, 1.82) is 0 Å². The molecule has 0 aromatic carbocycles. The first-order chi connectivity index (χ1) is 8.72. The van der Waals surface area contributed by atoms with E-state index < -0.39 is 0 Å². The largest absolute Gasteiger partial charge is 0.464 e. The van der Waals surface area contributed by atoms with Gasteiger partial charge in [-0.05, 0) is 32.7 Å². The topological polar surface area (TPSA) is 48.0 Å². The van der Waals surface area contributed by atoms with Crippen LogP contribution in [0.15, 0.2) is 0 Å². The van der Waals surface area contributed by atoms with Crippen LogP contribution in [0, 0.1) is 5.92 Å². The van der Waals surface area contributed by atoms with E-state index in [4.69, 9.17) is 14.2 Å². The summed E-state index contributed by atoms with van der Waals surface area (Å²) in [5, 5.41) is 0. The van der Waals surface area contributed by atoms with Crippen molar-refractivity contribution < 1.29 is 19.0 Å². The zero-order valence-corrected chi connectivity index (χ0v) is 11.5. The van der Waals surface area contributed by atoms with Gasteiger partial charge in [-0.2, -0.15) is 0 Å². The van der Waals surface area contributed by atoms with Gasteiger partial charge in [0.1, 0.15) is 6.61 Å². The predicted octanol–water partition coefficient (Wildman–Crippen LogP) is 0.925. The zero-order valence-electron chi connectivity index (χ0n) is 11.5. The van der Waals surface area contributed by atoms with Crippen LogP contribution in [-0.4, -0.2) is 64.0 Å². The molecule has 0 N–H and O–H groups in total. The Morgan fingerprint density at radius 1 is 1.22 bits per heavy atom. The van der Waals surface area contributed by atoms with Crippen molar-refractivity contribution in [2.24, 2.45) is 5.92 Å². The van der Waals surface area contributed by atoms with Gasteiger partial charge in [0.25, 0.3) is 0 Å². The molecule has 0 radical (unpaired) electrons. The van der Waals surface area contributed by atoms with Crippen molar-refractivity contribution in [1.82, 2.24) is 4.90 Å². The van der Waals surface area contributed by atoms with Gasteiger partial charge in [0.2, 0.25) is 0 Å². The van der Waals surface area contributed by atoms with Crippen LogP contribution in [0.4, 0.5) is 0 Å². The van der Waals surface area contributed by atoms with Crippen LogP contribution in [0.5, 0.6) is 0 Å². The third-order valence-electron chi connectivity index (χ3n) is 2.81. The monoisotopic (exact) mass is 259 g/mol. The molecule has 1 fully saturated rings. The van der Waals surface area contributed by atoms with E-state index >= 15 is 0 Å². The van der Waals surface area contributed by atoms with E-state index in [1.54, 1.807) is 6.92 Å². The van der Waals surface area contributed by atoms with Crippen molar-refractivity contribution in [3.63, 3.8) is 0 Å². The second-order valence-electron chi connectivity index (χ2n) is 4.68. The fraction of sp³-hybridized carbons (Fsp3) is 0.923. The predicted molar refractivity (Wildman–Crippen MR) is 68.5 cm³/mol. The van der Waals surface area contributed by atoms with Crippen molar-refractivity contribution in [2.75, 3.05) is 53.2 Å². The highest BCUT2D eigenvalue weighted by atomic mass is 16.6. The number of rotatable bonds is 11. The first-order valence-electron chi connectivity index (χ1n) is 6.72. The Hall–Kier alpha value is -0.650. The third-order valence-corrected chi connectivity index (χ3v) is 2.81. The number of carbonyl (C=O) groups is 1. The van der Waals surface area contributed by atoms with E-state index in [0.717, 1.165) is 32.2 Å². The van der Waals surface area contributed by atoms with Crippen LogP contribution in [0.2, 0.25) is 0 Å². The summed E-state index contributed by atoms with van der Waals surface area (Å²) in [6.45, 7) is 6.14. The second-order valence-corrected chi connectivity index (χ2v) is 4.68. The Labute approximate surface area is 109 Å². The maximum atomic E-state index is 11.0. The number of hydrogen-bond acceptors (Lipinski definition) is 5. The minimum absolute atomic E-state index is 0.0415. The summed E-state index contributed by atoms with van der Waals surface area (Å²) < 4.78 is 15.5. The second kappa shape index (κ2) is 9.30. The fourth-order valence-electron chi connectivity index (χ4n) is 1.45. The van der Waals surface area contributed by atoms with Crippen LogP contribution in [0.3, 0.4) is 0 Å². The van der Waals surface area contributed by atoms with Crippen LogP contribution < -0.4 is 0 Å². The summed E-state index contributed by atoms with van der Waals surface area (Å²) in [7, 11) is 2.02. The Kier molecular flexibility index (Phi) is 7.96. The average Bonchev–Trinajstić information content (AvgIpc) is 3.15. The lowest BCUT2D eigenvalue weighted by Crippen LogP contribution is -2.28. The Balaban J connectivity index is 1.83. The molecule has 0 aromatic heterocycles. The fourth-order valence-corrected chi connectivity index (χ4v) is 1.45. The van der Waals surface area contributed by atoms with Crippen molar-refractivity contribution in [3.05, 3.63) is 0 Å². The van der Waals surface area contributed by atoms with E-state index in [0.29, 0.717) is 13.2 Å². The summed E-state index contributed by atoms with van der Waals surface area (Å²) in [6, 6.07) is 0. The van der Waals surface area contributed by atoms with Gasteiger partial charge >= 0.3 is 5.97 Å². The quantitative estimate of drug-likeness (QED) is 0.408. The number of carbonyl (C=O) groups excluding carboxylic acids is 1. The van der Waals surface area contributed by atoms with E-state index in [1.807, 2.05) is 7.05 Å². The molecular formula is C13H25NO4. The van der Waals surface area contributed by atoms with E-state index in [-0.39, 0.29) is 12.6 Å². The molecule has 0 aromatic rings. The number of ether oxygens (including phenoxy) is 3. The number of likely N-dealkylation sites (N-methyl/N-ethyl adjacent to an activating group) is 1. The Bertz CT molecular complexity index is 231. The Morgan fingerprint density at radius 3 is 2.50 bits per heavy atom. The highest BCUT2D eigenvalue weighted by Crippen LogP contribution is 2.28. The molecule has 1 rings (SSSR count). The molecule has 0 saturated heterocycles. The minimum Gasteiger partial charge on any atom is -0.464 e. The highest BCUT2D eigenvalue weighted by molar-refractivity contribution is 5.70. The molecule has 0 heterocycles. The zero-order chi connectivity index (χ0) is 13.2. The molecule has 5 heteroatoms. The number of hydrogen-bond donors (Lipinski definition) is 0. The molecule has 106 valence electrons. The lowest BCUT2D eigenvalue weighted by molar-refractivity contribution is -0.148. The standard InChI is InChI=1S/C13H25NO4/c1-3-18-13(15)11-17-9-7-14(2)6-8-16-10-12-4-5-12/h12H,3-11H2,1-2H3. The van der Waals surface area contributed by atoms with E-state index in [9.17, 15) is 4.79 Å². The van der Waals surface area contributed by atoms with Crippen LogP contribution in [0.25, 0.3) is 0 Å². The lowest BCUT2D eigenvalue weighted by atomic mass is 10.5. The van der Waals surface area contributed by atoms with Gasteiger partial charge in [-0.1, -0.05) is 0 Å². The number of nitrogens with zero attached hydrogens (tertiary/aromatic N) is 1. The third kappa shape index (κ3) is 8.44. The molecule has 0 unspecified atom stereocenters. The summed E-state index contributed by atoms with van der Waals surface area (Å²) >= 11 is 0. The van der Waals surface area contributed by atoms with Gasteiger partial charge < -0.3 is 19.1 Å². The first-order valence-corrected chi connectivity index (χ1v) is 6.72. The maximum absolute atomic E-state index is 11.0. The van der Waals surface area contributed by atoms with Gasteiger partial charge in [0, 0.05) is 19.7 Å². The maximum Gasteiger partial charge on any atom is 0.332 e. The summed E-state index contributed by atoms with van der Waals surface area (Å²) in [4.78, 5) is 13.1. The van der Waals surface area contributed by atoms with Crippen LogP contribution >= 0.6 is 0 Å². The SMILES string of the molecule is CCOC(=O)COCCN(C)CCOCC1CC1. The molecule has 1 saturated carbocycles. The first kappa shape index (κ1) is 15.4. The molecule has 1 aliphatic rings. The van der Waals surface area contributed by atoms with Crippen molar-refractivity contribution in [3.8, 4) is 0 Å². The Morgan fingerprint density at radius 2 is 1.89 bits per heavy atom. The molecule has 1 aliphatic carbocycles. The van der Waals surface area contributed by atoms with Crippen LogP contribution in [0.1, 0.15) is 19.8 Å². The summed E-state index contributed by atoms with van der Waals surface area (Å²) in [5.41, 5.74) is 0. The van der Waals surface area contributed by atoms with Gasteiger partial charge in [-0.3, -0.25) is 0 Å². The molecule has 18 heavy (non-hydrogen) atoms. The van der Waals surface area contributed by atoms with Gasteiger partial charge in [-0.15, -0.1) is 0 Å². The summed E-state index contributed by atoms with van der Waals surface area (Å²) in [5.74, 6) is 0.524. The minimum atomic E-state index is -0.298. The van der Waals surface area contributed by atoms with Crippen LogP contribution in [-0.2, 0) is 19.0 Å². The molecule has 0 atom stereocenters. The normalized spacial score (nSPS) is 15.1. The molecular weight excluding hydrogens is 234 g/mol. The molecule has 0 amide bonds. The highest BCUT2D eigenvalue weighted by Gasteiger charge is 2.20. The van der Waals surface area contributed by atoms with Crippen molar-refractivity contribution in [2.45, 2.75) is 19.8 Å². The molecule has 5 nitrogen and oxygen atoms in total. The average molecular weight is 259 g/mol. The van der Waals surface area contributed by atoms with Gasteiger partial charge in [0.05, 0.1) is 19.8 Å². The van der Waals surface area contributed by atoms with Gasteiger partial charge in [-0.25, -0.2) is 4.79 Å². The molecule has 0 spiro atoms. The van der Waals surface area contributed by atoms with Gasteiger partial charge in [0.15, 0.2) is 0 Å². The lowest BCUT2D eigenvalue weighted by Gasteiger charge is -2.16. The molecule has 0 bridgehead atoms. The smallest absolute Gasteiger partial charge is 0.332 e.